The molecule has 8 heteroatoms. The van der Waals surface area contributed by atoms with Crippen molar-refractivity contribution in [3.63, 3.8) is 0 Å². The van der Waals surface area contributed by atoms with Crippen LogP contribution in [0.25, 0.3) is 0 Å². The first kappa shape index (κ1) is 15.6. The highest BCUT2D eigenvalue weighted by Crippen LogP contribution is 2.29. The van der Waals surface area contributed by atoms with E-state index >= 15 is 0 Å². The fourth-order valence-electron chi connectivity index (χ4n) is 2.03. The smallest absolute Gasteiger partial charge is 0.307 e. The van der Waals surface area contributed by atoms with Crippen LogP contribution in [-0.4, -0.2) is 19.6 Å². The van der Waals surface area contributed by atoms with E-state index in [1.54, 1.807) is 17.8 Å². The molecule has 0 bridgehead atoms. The van der Waals surface area contributed by atoms with Gasteiger partial charge in [0, 0.05) is 37.9 Å². The molecular formula is C13H18F3N5. The Kier molecular flexibility index (Phi) is 4.66. The van der Waals surface area contributed by atoms with Crippen molar-refractivity contribution < 1.29 is 13.2 Å². The number of hydrogen-bond acceptors (Lipinski definition) is 3. The number of aromatic nitrogens is 4. The van der Waals surface area contributed by atoms with Crippen molar-refractivity contribution in [2.24, 2.45) is 0 Å². The van der Waals surface area contributed by atoms with Crippen molar-refractivity contribution >= 4 is 0 Å². The topological polar surface area (TPSA) is 47.7 Å². The van der Waals surface area contributed by atoms with Gasteiger partial charge in [0.1, 0.15) is 5.69 Å². The van der Waals surface area contributed by atoms with Crippen molar-refractivity contribution in [3.8, 4) is 0 Å². The Morgan fingerprint density at radius 3 is 2.48 bits per heavy atom. The summed E-state index contributed by atoms with van der Waals surface area (Å²) in [6, 6.07) is 1.09. The molecule has 2 aromatic rings. The van der Waals surface area contributed by atoms with Crippen LogP contribution >= 0.6 is 0 Å². The van der Waals surface area contributed by atoms with E-state index in [2.05, 4.69) is 15.5 Å². The average molecular weight is 301 g/mol. The third-order valence-electron chi connectivity index (χ3n) is 3.07. The van der Waals surface area contributed by atoms with Gasteiger partial charge in [-0.2, -0.15) is 23.4 Å². The van der Waals surface area contributed by atoms with Gasteiger partial charge in [-0.3, -0.25) is 9.36 Å². The quantitative estimate of drug-likeness (QED) is 0.891. The van der Waals surface area contributed by atoms with Gasteiger partial charge in [-0.25, -0.2) is 0 Å². The van der Waals surface area contributed by atoms with E-state index in [1.165, 1.54) is 0 Å². The number of hydrogen-bond donors (Lipinski definition) is 1. The van der Waals surface area contributed by atoms with Gasteiger partial charge < -0.3 is 5.32 Å². The molecule has 0 fully saturated rings. The molecule has 2 heterocycles. The van der Waals surface area contributed by atoms with Gasteiger partial charge in [0.25, 0.3) is 0 Å². The third kappa shape index (κ3) is 3.84. The number of aryl methyl sites for hydroxylation is 2. The van der Waals surface area contributed by atoms with Crippen molar-refractivity contribution in [1.29, 1.82) is 0 Å². The van der Waals surface area contributed by atoms with E-state index in [4.69, 9.17) is 0 Å². The predicted molar refractivity (Wildman–Crippen MR) is 71.3 cm³/mol. The molecule has 5 nitrogen and oxygen atoms in total. The SMILES string of the molecule is CCn1cc(CNCc2cc(C(F)(F)F)n(CC)n2)cn1. The minimum atomic E-state index is -4.37. The highest BCUT2D eigenvalue weighted by Gasteiger charge is 2.35. The molecule has 0 aliphatic rings. The maximum Gasteiger partial charge on any atom is 0.433 e. The maximum absolute atomic E-state index is 12.8. The lowest BCUT2D eigenvalue weighted by atomic mass is 10.3. The normalized spacial score (nSPS) is 12.0. The molecular weight excluding hydrogens is 283 g/mol. The average Bonchev–Trinajstić information content (AvgIpc) is 3.04. The van der Waals surface area contributed by atoms with Crippen LogP contribution in [0.3, 0.4) is 0 Å². The molecule has 0 unspecified atom stereocenters. The molecule has 21 heavy (non-hydrogen) atoms. The summed E-state index contributed by atoms with van der Waals surface area (Å²) in [6.07, 6.45) is -0.732. The number of nitrogens with zero attached hydrogens (tertiary/aromatic N) is 4. The van der Waals surface area contributed by atoms with Crippen LogP contribution < -0.4 is 5.32 Å². The number of nitrogens with one attached hydrogen (secondary N) is 1. The third-order valence-corrected chi connectivity index (χ3v) is 3.07. The van der Waals surface area contributed by atoms with Crippen LogP contribution in [0.2, 0.25) is 0 Å². The first-order valence-corrected chi connectivity index (χ1v) is 6.80. The van der Waals surface area contributed by atoms with Gasteiger partial charge >= 0.3 is 6.18 Å². The summed E-state index contributed by atoms with van der Waals surface area (Å²) in [4.78, 5) is 0. The molecule has 0 aliphatic heterocycles. The fraction of sp³-hybridized carbons (Fsp3) is 0.538. The first-order valence-electron chi connectivity index (χ1n) is 6.80. The minimum absolute atomic E-state index is 0.193. The minimum Gasteiger partial charge on any atom is -0.307 e. The molecule has 1 N–H and O–H groups in total. The van der Waals surface area contributed by atoms with E-state index in [0.29, 0.717) is 12.2 Å². The van der Waals surface area contributed by atoms with Gasteiger partial charge in [-0.15, -0.1) is 0 Å². The summed E-state index contributed by atoms with van der Waals surface area (Å²) in [6.45, 7) is 5.43. The lowest BCUT2D eigenvalue weighted by Gasteiger charge is -2.07. The molecule has 2 aromatic heterocycles. The highest BCUT2D eigenvalue weighted by molar-refractivity contribution is 5.14. The number of alkyl halides is 3. The van der Waals surface area contributed by atoms with Crippen LogP contribution in [0.1, 0.15) is 30.8 Å². The summed E-state index contributed by atoms with van der Waals surface area (Å²) in [5, 5.41) is 11.2. The van der Waals surface area contributed by atoms with Gasteiger partial charge in [0.2, 0.25) is 0 Å². The van der Waals surface area contributed by atoms with Crippen molar-refractivity contribution in [1.82, 2.24) is 24.9 Å². The summed E-state index contributed by atoms with van der Waals surface area (Å²) >= 11 is 0. The van der Waals surface area contributed by atoms with E-state index in [9.17, 15) is 13.2 Å². The van der Waals surface area contributed by atoms with Crippen LogP contribution in [0, 0.1) is 0 Å². The van der Waals surface area contributed by atoms with E-state index in [-0.39, 0.29) is 13.1 Å². The zero-order valence-corrected chi connectivity index (χ0v) is 12.0. The van der Waals surface area contributed by atoms with Crippen molar-refractivity contribution in [3.05, 3.63) is 35.4 Å². The van der Waals surface area contributed by atoms with Gasteiger partial charge in [0.05, 0.1) is 11.9 Å². The summed E-state index contributed by atoms with van der Waals surface area (Å²) in [5.74, 6) is 0. The molecule has 0 radical (unpaired) electrons. The molecule has 0 aromatic carbocycles. The zero-order valence-electron chi connectivity index (χ0n) is 12.0. The second-order valence-corrected chi connectivity index (χ2v) is 4.64. The van der Waals surface area contributed by atoms with E-state index in [1.807, 2.05) is 13.1 Å². The number of rotatable bonds is 6. The van der Waals surface area contributed by atoms with Crippen molar-refractivity contribution in [2.75, 3.05) is 0 Å². The van der Waals surface area contributed by atoms with Gasteiger partial charge in [0.15, 0.2) is 0 Å². The maximum atomic E-state index is 12.8. The molecule has 0 saturated heterocycles. The Morgan fingerprint density at radius 2 is 1.95 bits per heavy atom. The van der Waals surface area contributed by atoms with E-state index < -0.39 is 11.9 Å². The molecule has 116 valence electrons. The molecule has 0 spiro atoms. The Bertz CT molecular complexity index is 585. The Hall–Kier alpha value is -1.83. The standard InChI is InChI=1S/C13H18F3N5/c1-3-20-9-10(7-18-20)6-17-8-11-5-12(13(14,15)16)21(4-2)19-11/h5,7,9,17H,3-4,6,8H2,1-2H3. The largest absolute Gasteiger partial charge is 0.433 e. The van der Waals surface area contributed by atoms with E-state index in [0.717, 1.165) is 22.9 Å². The Morgan fingerprint density at radius 1 is 1.19 bits per heavy atom. The summed E-state index contributed by atoms with van der Waals surface area (Å²) < 4.78 is 41.1. The van der Waals surface area contributed by atoms with Crippen LogP contribution in [-0.2, 0) is 32.4 Å². The zero-order chi connectivity index (χ0) is 15.5. The molecule has 2 rings (SSSR count). The van der Waals surface area contributed by atoms with Crippen LogP contribution in [0.4, 0.5) is 13.2 Å². The molecule has 0 atom stereocenters. The lowest BCUT2D eigenvalue weighted by molar-refractivity contribution is -0.144. The van der Waals surface area contributed by atoms with Gasteiger partial charge in [-0.05, 0) is 19.9 Å². The molecule has 0 aliphatic carbocycles. The van der Waals surface area contributed by atoms with Gasteiger partial charge in [-0.1, -0.05) is 0 Å². The molecule has 0 saturated carbocycles. The monoisotopic (exact) mass is 301 g/mol. The highest BCUT2D eigenvalue weighted by atomic mass is 19.4. The lowest BCUT2D eigenvalue weighted by Crippen LogP contribution is -2.14. The second kappa shape index (κ2) is 6.30. The number of halogens is 3. The Balaban J connectivity index is 1.95. The van der Waals surface area contributed by atoms with Crippen LogP contribution in [0.15, 0.2) is 18.5 Å². The summed E-state index contributed by atoms with van der Waals surface area (Å²) in [5.41, 5.74) is 0.662. The molecule has 0 amide bonds. The fourth-order valence-corrected chi connectivity index (χ4v) is 2.03. The second-order valence-electron chi connectivity index (χ2n) is 4.64. The first-order chi connectivity index (χ1) is 9.94. The Labute approximate surface area is 120 Å². The van der Waals surface area contributed by atoms with Crippen molar-refractivity contribution in [2.45, 2.75) is 46.2 Å². The predicted octanol–water partition coefficient (Wildman–Crippen LogP) is 2.43. The van der Waals surface area contributed by atoms with Crippen LogP contribution in [0.5, 0.6) is 0 Å². The summed E-state index contributed by atoms with van der Waals surface area (Å²) in [7, 11) is 0.